The zero-order valence-electron chi connectivity index (χ0n) is 19.6. The minimum absolute atomic E-state index is 0.102. The van der Waals surface area contributed by atoms with Crippen molar-refractivity contribution in [2.45, 2.75) is 25.3 Å². The highest BCUT2D eigenvalue weighted by molar-refractivity contribution is 7.16. The first-order valence-electron chi connectivity index (χ1n) is 11.3. The van der Waals surface area contributed by atoms with E-state index in [0.717, 1.165) is 17.4 Å². The van der Waals surface area contributed by atoms with E-state index in [2.05, 4.69) is 30.6 Å². The maximum atomic E-state index is 13.9. The first-order valence-corrected chi connectivity index (χ1v) is 12.1. The van der Waals surface area contributed by atoms with Gasteiger partial charge in [0.05, 0.1) is 34.1 Å². The molecule has 0 unspecified atom stereocenters. The highest BCUT2D eigenvalue weighted by Gasteiger charge is 2.38. The van der Waals surface area contributed by atoms with Gasteiger partial charge in [0.25, 0.3) is 0 Å². The number of rotatable bonds is 7. The molecule has 2 N–H and O–H groups in total. The van der Waals surface area contributed by atoms with Crippen LogP contribution in [-0.4, -0.2) is 37.6 Å². The van der Waals surface area contributed by atoms with Gasteiger partial charge in [0, 0.05) is 18.5 Å². The van der Waals surface area contributed by atoms with Gasteiger partial charge >= 0.3 is 12.4 Å². The second-order valence-corrected chi connectivity index (χ2v) is 9.40. The monoisotopic (exact) mass is 565 g/mol. The predicted octanol–water partition coefficient (Wildman–Crippen LogP) is 4.00. The van der Waals surface area contributed by atoms with Gasteiger partial charge in [-0.15, -0.1) is 0 Å². The molecule has 8 nitrogen and oxygen atoms in total. The molecule has 0 saturated carbocycles. The summed E-state index contributed by atoms with van der Waals surface area (Å²) in [6.45, 7) is 0.791. The molecule has 202 valence electrons. The highest BCUT2D eigenvalue weighted by Crippen LogP contribution is 2.40. The summed E-state index contributed by atoms with van der Waals surface area (Å²) in [5.41, 5.74) is -2.37. The third-order valence-corrected chi connectivity index (χ3v) is 6.88. The second kappa shape index (κ2) is 10.1. The average Bonchev–Trinajstić information content (AvgIpc) is 3.62. The largest absolute Gasteiger partial charge is 0.492 e. The quantitative estimate of drug-likeness (QED) is 0.330. The molecule has 0 saturated heterocycles. The van der Waals surface area contributed by atoms with Gasteiger partial charge in [-0.2, -0.15) is 46.6 Å². The molecule has 0 bridgehead atoms. The van der Waals surface area contributed by atoms with Crippen molar-refractivity contribution in [2.24, 2.45) is 10.2 Å². The summed E-state index contributed by atoms with van der Waals surface area (Å²) in [6, 6.07) is 6.38. The lowest BCUT2D eigenvalue weighted by Gasteiger charge is -2.17. The summed E-state index contributed by atoms with van der Waals surface area (Å²) < 4.78 is 82.9. The molecule has 0 spiro atoms. The van der Waals surface area contributed by atoms with Crippen molar-refractivity contribution in [1.29, 1.82) is 0 Å². The van der Waals surface area contributed by atoms with E-state index in [1.54, 1.807) is 22.9 Å². The first kappa shape index (κ1) is 26.3. The number of thiazole rings is 1. The number of hydrogen-bond acceptors (Lipinski definition) is 8. The molecule has 2 aromatic carbocycles. The van der Waals surface area contributed by atoms with Crippen molar-refractivity contribution in [2.75, 3.05) is 11.9 Å². The fourth-order valence-corrected chi connectivity index (χ4v) is 4.92. The lowest BCUT2D eigenvalue weighted by atomic mass is 9.94. The average molecular weight is 566 g/mol. The Labute approximate surface area is 219 Å². The SMILES string of the molecule is Oc1nc(NCCn2cncn2)sc1C(Cc1ccc(C(F)(F)F)cc1C(F)(F)F)=c1ccc2c(c1)C=NN=2. The van der Waals surface area contributed by atoms with Gasteiger partial charge in [0.1, 0.15) is 12.7 Å². The van der Waals surface area contributed by atoms with E-state index in [-0.39, 0.29) is 16.5 Å². The molecule has 0 atom stereocenters. The standard InChI is InChI=1S/C24H17F6N7OS/c25-23(26,27)16-3-1-14(18(9-16)24(28,29)30)8-17(13-2-4-19-15(7-13)10-33-36-19)20-21(38)35-22(39-20)32-5-6-37-12-31-11-34-37/h1-4,7,9-12,38H,5-6,8H2,(H,32,35). The number of halogens is 6. The Morgan fingerprint density at radius 1 is 1.03 bits per heavy atom. The van der Waals surface area contributed by atoms with Crippen LogP contribution in [0.4, 0.5) is 31.5 Å². The maximum absolute atomic E-state index is 13.9. The maximum Gasteiger partial charge on any atom is 0.416 e. The highest BCUT2D eigenvalue weighted by atomic mass is 32.1. The number of fused-ring (bicyclic) bond motifs is 1. The topological polar surface area (TPSA) is 101 Å². The van der Waals surface area contributed by atoms with Gasteiger partial charge in [0.15, 0.2) is 5.13 Å². The van der Waals surface area contributed by atoms with Crippen molar-refractivity contribution < 1.29 is 31.4 Å². The van der Waals surface area contributed by atoms with Crippen LogP contribution in [0.2, 0.25) is 0 Å². The number of nitrogens with zero attached hydrogens (tertiary/aromatic N) is 6. The van der Waals surface area contributed by atoms with Crippen molar-refractivity contribution in [3.63, 3.8) is 0 Å². The number of hydrogen-bond donors (Lipinski definition) is 2. The van der Waals surface area contributed by atoms with Gasteiger partial charge in [-0.05, 0) is 40.6 Å². The van der Waals surface area contributed by atoms with Crippen LogP contribution >= 0.6 is 11.3 Å². The zero-order valence-corrected chi connectivity index (χ0v) is 20.4. The van der Waals surface area contributed by atoms with Crippen molar-refractivity contribution in [1.82, 2.24) is 19.7 Å². The van der Waals surface area contributed by atoms with Gasteiger partial charge in [-0.3, -0.25) is 4.68 Å². The van der Waals surface area contributed by atoms with E-state index >= 15 is 0 Å². The van der Waals surface area contributed by atoms with E-state index in [1.807, 2.05) is 0 Å². The van der Waals surface area contributed by atoms with Crippen molar-refractivity contribution >= 4 is 28.3 Å². The van der Waals surface area contributed by atoms with E-state index in [1.165, 1.54) is 18.9 Å². The van der Waals surface area contributed by atoms with E-state index in [9.17, 15) is 31.4 Å². The molecule has 1 aliphatic rings. The van der Waals surface area contributed by atoms with Crippen molar-refractivity contribution in [3.05, 3.63) is 86.8 Å². The third-order valence-electron chi connectivity index (χ3n) is 5.82. The zero-order chi connectivity index (χ0) is 27.8. The van der Waals surface area contributed by atoms with Gasteiger partial charge in [-0.25, -0.2) is 4.98 Å². The summed E-state index contributed by atoms with van der Waals surface area (Å²) in [5.74, 6) is -0.433. The second-order valence-electron chi connectivity index (χ2n) is 8.40. The smallest absolute Gasteiger partial charge is 0.416 e. The van der Waals surface area contributed by atoms with E-state index in [4.69, 9.17) is 0 Å². The molecule has 3 heterocycles. The molecule has 0 fully saturated rings. The summed E-state index contributed by atoms with van der Waals surface area (Å²) in [4.78, 5) is 8.09. The van der Waals surface area contributed by atoms with Gasteiger partial charge in [-0.1, -0.05) is 23.5 Å². The van der Waals surface area contributed by atoms with Crippen LogP contribution in [0.3, 0.4) is 0 Å². The first-order chi connectivity index (χ1) is 18.5. The van der Waals surface area contributed by atoms with Crippen LogP contribution in [0.15, 0.2) is 59.3 Å². The fraction of sp³-hybridized carbons (Fsp3) is 0.208. The summed E-state index contributed by atoms with van der Waals surface area (Å²) in [6.07, 6.45) is -6.07. The molecule has 15 heteroatoms. The van der Waals surface area contributed by atoms with Crippen LogP contribution in [0.1, 0.15) is 27.1 Å². The van der Waals surface area contributed by atoms with Gasteiger partial charge < -0.3 is 10.4 Å². The number of benzene rings is 2. The molecular weight excluding hydrogens is 548 g/mol. The molecule has 4 aromatic rings. The fourth-order valence-electron chi connectivity index (χ4n) is 3.97. The number of aromatic hydroxyl groups is 1. The van der Waals surface area contributed by atoms with Crippen LogP contribution in [0, 0.1) is 0 Å². The Morgan fingerprint density at radius 2 is 1.85 bits per heavy atom. The number of aromatic nitrogens is 4. The minimum atomic E-state index is -5.05. The van der Waals surface area contributed by atoms with E-state index < -0.39 is 41.3 Å². The lowest BCUT2D eigenvalue weighted by molar-refractivity contribution is -0.143. The van der Waals surface area contributed by atoms with Gasteiger partial charge in [0.2, 0.25) is 5.88 Å². The Balaban J connectivity index is 1.58. The lowest BCUT2D eigenvalue weighted by Crippen LogP contribution is -2.18. The normalized spacial score (nSPS) is 13.8. The molecule has 0 amide bonds. The van der Waals surface area contributed by atoms with Crippen LogP contribution in [-0.2, 0) is 25.3 Å². The third kappa shape index (κ3) is 5.77. The van der Waals surface area contributed by atoms with Crippen LogP contribution < -0.4 is 15.9 Å². The predicted molar refractivity (Wildman–Crippen MR) is 130 cm³/mol. The van der Waals surface area contributed by atoms with Crippen LogP contribution in [0.25, 0.3) is 5.57 Å². The van der Waals surface area contributed by atoms with E-state index in [0.29, 0.717) is 40.4 Å². The summed E-state index contributed by atoms with van der Waals surface area (Å²) >= 11 is 1.00. The molecule has 5 rings (SSSR count). The number of anilines is 1. The Bertz CT molecular complexity index is 1660. The molecule has 1 aliphatic heterocycles. The number of alkyl halides is 6. The van der Waals surface area contributed by atoms with Crippen molar-refractivity contribution in [3.8, 4) is 5.88 Å². The minimum Gasteiger partial charge on any atom is -0.492 e. The Hall–Kier alpha value is -4.27. The molecular formula is C24H17F6N7OS. The Morgan fingerprint density at radius 3 is 2.56 bits per heavy atom. The molecule has 2 aromatic heterocycles. The van der Waals surface area contributed by atoms with Crippen LogP contribution in [0.5, 0.6) is 5.88 Å². The Kier molecular flexibility index (Phi) is 6.84. The molecule has 0 aliphatic carbocycles. The summed E-state index contributed by atoms with van der Waals surface area (Å²) in [7, 11) is 0. The summed E-state index contributed by atoms with van der Waals surface area (Å²) in [5, 5.41) is 26.7. The molecule has 39 heavy (non-hydrogen) atoms. The number of nitrogens with one attached hydrogen (secondary N) is 1. The molecule has 0 radical (unpaired) electrons.